The number of imide groups is 1. The van der Waals surface area contributed by atoms with Gasteiger partial charge in [0.25, 0.3) is 0 Å². The quantitative estimate of drug-likeness (QED) is 0.0679. The van der Waals surface area contributed by atoms with Crippen molar-refractivity contribution in [3.63, 3.8) is 0 Å². The lowest BCUT2D eigenvalue weighted by Crippen LogP contribution is -2.56. The molecule has 14 nitrogen and oxygen atoms in total. The molecule has 14 heteroatoms. The molecule has 4 heterocycles. The summed E-state index contributed by atoms with van der Waals surface area (Å²) in [5.41, 5.74) is 2.17. The summed E-state index contributed by atoms with van der Waals surface area (Å²) in [4.78, 5) is 69.4. The zero-order valence-electron chi connectivity index (χ0n) is 38.0. The van der Waals surface area contributed by atoms with Crippen molar-refractivity contribution in [3.8, 4) is 23.3 Å². The molecule has 69 heavy (non-hydrogen) atoms. The van der Waals surface area contributed by atoms with Crippen LogP contribution >= 0.6 is 0 Å². The Kier molecular flexibility index (Phi) is 13.8. The molecule has 350 valence electrons. The number of aromatic nitrogens is 1. The van der Waals surface area contributed by atoms with Crippen molar-refractivity contribution in [2.45, 2.75) is 36.1 Å². The van der Waals surface area contributed by atoms with E-state index >= 15 is 14.4 Å². The zero-order valence-corrected chi connectivity index (χ0v) is 38.0. The van der Waals surface area contributed by atoms with Crippen molar-refractivity contribution in [1.82, 2.24) is 15.2 Å². The number of carbonyl (C=O) groups excluding carboxylic acids is 4. The number of fused-ring (bicyclic) bond motifs is 3. The molecule has 0 aliphatic carbocycles. The summed E-state index contributed by atoms with van der Waals surface area (Å²) < 4.78 is 28.8. The number of aliphatic hydroxyl groups excluding tert-OH is 1. The summed E-state index contributed by atoms with van der Waals surface area (Å²) in [6, 6.07) is 40.3. The normalized spacial score (nSPS) is 21.4. The van der Waals surface area contributed by atoms with E-state index in [9.17, 15) is 9.90 Å². The summed E-state index contributed by atoms with van der Waals surface area (Å²) in [5.74, 6) is 3.80. The summed E-state index contributed by atoms with van der Waals surface area (Å²) in [7, 11) is 3.05. The Morgan fingerprint density at radius 2 is 1.46 bits per heavy atom. The third kappa shape index (κ3) is 8.91. The second-order valence-corrected chi connectivity index (χ2v) is 16.7. The third-order valence-electron chi connectivity index (χ3n) is 12.8. The van der Waals surface area contributed by atoms with E-state index in [2.05, 4.69) is 22.1 Å². The fraction of sp³-hybridized carbons (Fsp3) is 0.255. The van der Waals surface area contributed by atoms with Gasteiger partial charge >= 0.3 is 12.1 Å². The standard InChI is InChI=1S/C55H50N4O10/c1-65-32-33-68-54(64)58-45-26-23-37(20-19-36-21-24-42(66-2)25-22-36)34-44(45)55(53(58)63)46(51(61)57-29-27-41-17-9-10-28-56-41)48-52(62)69-49(39-14-7-4-8-15-39)47(38-12-5-3-6-13-38)59(48)50(55)40-16-11-18-43(35-40)67-31-30-60/h3-18,21-26,28,34-35,46-50,60H,27,29-33H2,1-2H3,(H,57,61)/t46-,47-,48-,49+,50+,55-/m0/s1. The lowest BCUT2D eigenvalue weighted by Gasteiger charge is -2.46. The molecule has 0 saturated carbocycles. The fourth-order valence-corrected chi connectivity index (χ4v) is 9.97. The van der Waals surface area contributed by atoms with Gasteiger partial charge in [0.2, 0.25) is 11.8 Å². The van der Waals surface area contributed by atoms with Gasteiger partial charge in [0.15, 0.2) is 0 Å². The molecule has 2 saturated heterocycles. The number of nitrogens with zero attached hydrogens (tertiary/aromatic N) is 3. The maximum absolute atomic E-state index is 16.4. The van der Waals surface area contributed by atoms with Gasteiger partial charge in [-0.25, -0.2) is 9.69 Å². The highest BCUT2D eigenvalue weighted by Crippen LogP contribution is 2.66. The predicted molar refractivity (Wildman–Crippen MR) is 254 cm³/mol. The van der Waals surface area contributed by atoms with Gasteiger partial charge in [-0.15, -0.1) is 0 Å². The molecule has 3 aliphatic rings. The number of carbonyl (C=O) groups is 4. The highest BCUT2D eigenvalue weighted by atomic mass is 16.6. The third-order valence-corrected chi connectivity index (χ3v) is 12.8. The molecule has 0 radical (unpaired) electrons. The average Bonchev–Trinajstić information content (AvgIpc) is 3.84. The van der Waals surface area contributed by atoms with Crippen molar-refractivity contribution < 1.29 is 48.0 Å². The van der Waals surface area contributed by atoms with Crippen molar-refractivity contribution in [3.05, 3.63) is 191 Å². The van der Waals surface area contributed by atoms with Gasteiger partial charge in [-0.3, -0.25) is 24.3 Å². The number of rotatable bonds is 14. The molecular formula is C55H50N4O10. The first-order valence-corrected chi connectivity index (χ1v) is 22.7. The van der Waals surface area contributed by atoms with Crippen LogP contribution in [0.1, 0.15) is 57.3 Å². The summed E-state index contributed by atoms with van der Waals surface area (Å²) >= 11 is 0. The largest absolute Gasteiger partial charge is 0.497 e. The van der Waals surface area contributed by atoms with Crippen LogP contribution in [0.2, 0.25) is 0 Å². The molecule has 6 atom stereocenters. The first-order chi connectivity index (χ1) is 33.8. The van der Waals surface area contributed by atoms with Gasteiger partial charge in [0, 0.05) is 43.1 Å². The Labute approximate surface area is 399 Å². The van der Waals surface area contributed by atoms with Crippen LogP contribution in [0, 0.1) is 17.8 Å². The molecule has 2 fully saturated rings. The number of hydrogen-bond donors (Lipinski definition) is 2. The second kappa shape index (κ2) is 20.6. The Bertz CT molecular complexity index is 2870. The van der Waals surface area contributed by atoms with Crippen molar-refractivity contribution in [2.75, 3.05) is 52.1 Å². The van der Waals surface area contributed by atoms with E-state index < -0.39 is 59.4 Å². The number of morpholine rings is 1. The summed E-state index contributed by atoms with van der Waals surface area (Å²) in [6.07, 6.45) is 0.0899. The molecule has 6 aromatic rings. The molecule has 1 aromatic heterocycles. The number of anilines is 1. The van der Waals surface area contributed by atoms with Gasteiger partial charge in [-0.1, -0.05) is 90.7 Å². The van der Waals surface area contributed by atoms with E-state index in [0.717, 1.165) is 16.2 Å². The van der Waals surface area contributed by atoms with E-state index in [4.69, 9.17) is 23.7 Å². The SMILES string of the molecule is COCCOC(=O)N1C(=O)[C@@]2(c3cc(C#Cc4ccc(OC)cc4)ccc31)[C@H](C(=O)NCCc1ccccn1)[C@H]1C(=O)O[C@H](c3ccccc3)[C@H](c3ccccc3)N1[C@@H]2c1cccc(OCCO)c1. The first-order valence-electron chi connectivity index (χ1n) is 22.7. The number of amides is 3. The highest BCUT2D eigenvalue weighted by Gasteiger charge is 2.75. The number of cyclic esters (lactones) is 1. The van der Waals surface area contributed by atoms with Crippen molar-refractivity contribution in [1.29, 1.82) is 0 Å². The number of benzene rings is 5. The minimum Gasteiger partial charge on any atom is -0.497 e. The van der Waals surface area contributed by atoms with Gasteiger partial charge in [-0.05, 0) is 89.0 Å². The summed E-state index contributed by atoms with van der Waals surface area (Å²) in [6.45, 7) is -0.308. The lowest BCUT2D eigenvalue weighted by molar-refractivity contribution is -0.178. The highest BCUT2D eigenvalue weighted by molar-refractivity contribution is 6.23. The molecule has 0 unspecified atom stereocenters. The van der Waals surface area contributed by atoms with Crippen molar-refractivity contribution in [2.24, 2.45) is 5.92 Å². The van der Waals surface area contributed by atoms with E-state index in [1.807, 2.05) is 95.9 Å². The van der Waals surface area contributed by atoms with E-state index in [-0.39, 0.29) is 44.2 Å². The molecule has 5 aromatic carbocycles. The maximum atomic E-state index is 16.4. The lowest BCUT2D eigenvalue weighted by atomic mass is 9.65. The van der Waals surface area contributed by atoms with Crippen LogP contribution in [-0.2, 0) is 40.4 Å². The smallest absolute Gasteiger partial charge is 0.421 e. The van der Waals surface area contributed by atoms with E-state index in [0.29, 0.717) is 40.2 Å². The number of esters is 1. The van der Waals surface area contributed by atoms with Crippen LogP contribution in [0.5, 0.6) is 11.5 Å². The Morgan fingerprint density at radius 3 is 2.17 bits per heavy atom. The molecule has 9 rings (SSSR count). The number of nitrogens with one attached hydrogen (secondary N) is 1. The number of hydrogen-bond acceptors (Lipinski definition) is 12. The maximum Gasteiger partial charge on any atom is 0.421 e. The molecule has 1 spiro atoms. The Balaban J connectivity index is 1.32. The number of methoxy groups -OCH3 is 2. The average molecular weight is 927 g/mol. The van der Waals surface area contributed by atoms with Crippen LogP contribution in [0.25, 0.3) is 0 Å². The van der Waals surface area contributed by atoms with Gasteiger partial charge in [0.05, 0.1) is 44.0 Å². The minimum atomic E-state index is -2.06. The van der Waals surface area contributed by atoms with Crippen molar-refractivity contribution >= 4 is 29.6 Å². The number of ether oxygens (including phenoxy) is 5. The van der Waals surface area contributed by atoms with Crippen LogP contribution in [-0.4, -0.2) is 92.1 Å². The fourth-order valence-electron chi connectivity index (χ4n) is 9.97. The van der Waals surface area contributed by atoms with Crippen LogP contribution < -0.4 is 19.7 Å². The first kappa shape index (κ1) is 46.3. The zero-order chi connectivity index (χ0) is 47.9. The summed E-state index contributed by atoms with van der Waals surface area (Å²) in [5, 5.41) is 12.9. The van der Waals surface area contributed by atoms with Crippen LogP contribution in [0.3, 0.4) is 0 Å². The molecule has 3 amide bonds. The molecule has 2 N–H and O–H groups in total. The van der Waals surface area contributed by atoms with Gasteiger partial charge in [-0.2, -0.15) is 0 Å². The second-order valence-electron chi connectivity index (χ2n) is 16.7. The van der Waals surface area contributed by atoms with Crippen LogP contribution in [0.4, 0.5) is 10.5 Å². The van der Waals surface area contributed by atoms with Gasteiger partial charge < -0.3 is 34.1 Å². The number of pyridine rings is 1. The van der Waals surface area contributed by atoms with Crippen LogP contribution in [0.15, 0.2) is 152 Å². The minimum absolute atomic E-state index is 0.0268. The Hall–Kier alpha value is -7.83. The van der Waals surface area contributed by atoms with E-state index in [1.165, 1.54) is 7.11 Å². The molecule has 0 bridgehead atoms. The topological polar surface area (TPSA) is 166 Å². The monoisotopic (exact) mass is 926 g/mol. The molecular weight excluding hydrogens is 877 g/mol. The van der Waals surface area contributed by atoms with Gasteiger partial charge in [0.1, 0.15) is 42.3 Å². The molecule has 3 aliphatic heterocycles. The number of aliphatic hydroxyl groups is 1. The predicted octanol–water partition coefficient (Wildman–Crippen LogP) is 6.67. The van der Waals surface area contributed by atoms with E-state index in [1.54, 1.807) is 67.9 Å². The Morgan fingerprint density at radius 1 is 0.754 bits per heavy atom.